The van der Waals surface area contributed by atoms with E-state index in [2.05, 4.69) is 0 Å². The second-order valence-electron chi connectivity index (χ2n) is 5.47. The molecule has 1 atom stereocenters. The van der Waals surface area contributed by atoms with Crippen molar-refractivity contribution in [1.29, 1.82) is 0 Å². The third-order valence-corrected chi connectivity index (χ3v) is 3.65. The zero-order valence-electron chi connectivity index (χ0n) is 10.5. The molecule has 0 radical (unpaired) electrons. The van der Waals surface area contributed by atoms with Crippen molar-refractivity contribution in [3.8, 4) is 11.5 Å². The third-order valence-electron chi connectivity index (χ3n) is 3.65. The molecule has 0 aliphatic carbocycles. The first kappa shape index (κ1) is 11.5. The summed E-state index contributed by atoms with van der Waals surface area (Å²) in [5, 5.41) is 10.0. The molecule has 2 heterocycles. The number of benzene rings is 1. The number of rotatable bonds is 0. The summed E-state index contributed by atoms with van der Waals surface area (Å²) in [6, 6.07) is 3.75. The molecule has 0 saturated carbocycles. The lowest BCUT2D eigenvalue weighted by atomic mass is 9.89. The van der Waals surface area contributed by atoms with Gasteiger partial charge in [-0.2, -0.15) is 0 Å². The van der Waals surface area contributed by atoms with Crippen LogP contribution in [-0.4, -0.2) is 22.8 Å². The average molecular weight is 248 g/mol. The number of ether oxygens (including phenoxy) is 2. The number of carbonyl (C=O) groups excluding carboxylic acids is 1. The number of hydrogen-bond acceptors (Lipinski definition) is 4. The summed E-state index contributed by atoms with van der Waals surface area (Å²) < 4.78 is 11.0. The van der Waals surface area contributed by atoms with Crippen LogP contribution in [0.15, 0.2) is 12.1 Å². The highest BCUT2D eigenvalue weighted by molar-refractivity contribution is 5.75. The number of carbonyl (C=O) groups is 1. The molecule has 4 heteroatoms. The van der Waals surface area contributed by atoms with Gasteiger partial charge < -0.3 is 14.6 Å². The van der Waals surface area contributed by atoms with Crippen LogP contribution in [0.4, 0.5) is 0 Å². The van der Waals surface area contributed by atoms with Crippen LogP contribution in [0.25, 0.3) is 0 Å². The fraction of sp³-hybridized carbons (Fsp3) is 0.500. The highest BCUT2D eigenvalue weighted by Gasteiger charge is 2.36. The number of aliphatic hydroxyl groups is 1. The molecule has 2 aliphatic rings. The maximum atomic E-state index is 11.3. The maximum absolute atomic E-state index is 11.3. The van der Waals surface area contributed by atoms with Gasteiger partial charge in [-0.3, -0.25) is 4.79 Å². The van der Waals surface area contributed by atoms with Gasteiger partial charge in [-0.15, -0.1) is 0 Å². The van der Waals surface area contributed by atoms with Gasteiger partial charge in [-0.1, -0.05) is 0 Å². The first-order valence-corrected chi connectivity index (χ1v) is 6.19. The first-order chi connectivity index (χ1) is 8.45. The van der Waals surface area contributed by atoms with Gasteiger partial charge in [0.2, 0.25) is 0 Å². The topological polar surface area (TPSA) is 55.8 Å². The first-order valence-electron chi connectivity index (χ1n) is 6.19. The smallest absolute Gasteiger partial charge is 0.311 e. The molecule has 0 unspecified atom stereocenters. The van der Waals surface area contributed by atoms with Gasteiger partial charge >= 0.3 is 5.97 Å². The van der Waals surface area contributed by atoms with Gasteiger partial charge in [0.1, 0.15) is 17.1 Å². The lowest BCUT2D eigenvalue weighted by molar-refractivity contribution is -0.135. The molecule has 2 aliphatic heterocycles. The van der Waals surface area contributed by atoms with Crippen LogP contribution in [0.5, 0.6) is 11.5 Å². The second-order valence-corrected chi connectivity index (χ2v) is 5.47. The van der Waals surface area contributed by atoms with Gasteiger partial charge in [-0.05, 0) is 37.5 Å². The van der Waals surface area contributed by atoms with E-state index in [4.69, 9.17) is 9.47 Å². The van der Waals surface area contributed by atoms with E-state index in [0.717, 1.165) is 11.1 Å². The number of hydrogen-bond donors (Lipinski definition) is 1. The minimum atomic E-state index is -0.611. The monoisotopic (exact) mass is 248 g/mol. The quantitative estimate of drug-likeness (QED) is 0.560. The molecule has 18 heavy (non-hydrogen) atoms. The second kappa shape index (κ2) is 3.72. The standard InChI is InChI=1S/C14H16O4/c1-14(2)12(15)6-9-5-8-3-4-13(16)17-10(8)7-11(9)18-14/h5,7,12,15H,3-4,6H2,1-2H3/t12-/m0/s1. The predicted octanol–water partition coefficient (Wildman–Crippen LogP) is 1.61. The van der Waals surface area contributed by atoms with Gasteiger partial charge in [0.05, 0.1) is 12.5 Å². The molecule has 1 aromatic carbocycles. The van der Waals surface area contributed by atoms with E-state index in [1.165, 1.54) is 0 Å². The van der Waals surface area contributed by atoms with Crippen molar-refractivity contribution in [3.63, 3.8) is 0 Å². The van der Waals surface area contributed by atoms with E-state index in [9.17, 15) is 9.90 Å². The van der Waals surface area contributed by atoms with E-state index in [-0.39, 0.29) is 5.97 Å². The predicted molar refractivity (Wildman–Crippen MR) is 64.8 cm³/mol. The molecule has 0 spiro atoms. The zero-order valence-corrected chi connectivity index (χ0v) is 10.5. The molecule has 0 fully saturated rings. The van der Waals surface area contributed by atoms with Gasteiger partial charge in [0.25, 0.3) is 0 Å². The Labute approximate surface area is 106 Å². The number of aliphatic hydroxyl groups excluding tert-OH is 1. The number of aryl methyl sites for hydroxylation is 1. The fourth-order valence-electron chi connectivity index (χ4n) is 2.42. The van der Waals surface area contributed by atoms with Crippen LogP contribution >= 0.6 is 0 Å². The molecule has 0 aromatic heterocycles. The van der Waals surface area contributed by atoms with Crippen LogP contribution in [0.1, 0.15) is 31.4 Å². The van der Waals surface area contributed by atoms with Crippen molar-refractivity contribution >= 4 is 5.97 Å². The SMILES string of the molecule is CC1(C)Oc2cc3c(cc2C[C@@H]1O)CCC(=O)O3. The summed E-state index contributed by atoms with van der Waals surface area (Å²) in [6.45, 7) is 3.71. The molecular weight excluding hydrogens is 232 g/mol. The Morgan fingerprint density at radius 3 is 2.78 bits per heavy atom. The molecular formula is C14H16O4. The van der Waals surface area contributed by atoms with Gasteiger partial charge in [-0.25, -0.2) is 0 Å². The van der Waals surface area contributed by atoms with Gasteiger partial charge in [0, 0.05) is 12.5 Å². The van der Waals surface area contributed by atoms with Crippen LogP contribution in [0, 0.1) is 0 Å². The molecule has 0 amide bonds. The van der Waals surface area contributed by atoms with Gasteiger partial charge in [0.15, 0.2) is 0 Å². The van der Waals surface area contributed by atoms with E-state index >= 15 is 0 Å². The Morgan fingerprint density at radius 2 is 2.00 bits per heavy atom. The third kappa shape index (κ3) is 1.77. The van der Waals surface area contributed by atoms with Crippen molar-refractivity contribution in [2.24, 2.45) is 0 Å². The summed E-state index contributed by atoms with van der Waals surface area (Å²) >= 11 is 0. The van der Waals surface area contributed by atoms with Crippen molar-refractivity contribution in [2.45, 2.75) is 44.8 Å². The van der Waals surface area contributed by atoms with Crippen molar-refractivity contribution < 1.29 is 19.4 Å². The van der Waals surface area contributed by atoms with Crippen molar-refractivity contribution in [1.82, 2.24) is 0 Å². The Bertz CT molecular complexity index is 519. The summed E-state index contributed by atoms with van der Waals surface area (Å²) in [5.41, 5.74) is 1.39. The summed E-state index contributed by atoms with van der Waals surface area (Å²) in [6.07, 6.45) is 1.17. The summed E-state index contributed by atoms with van der Waals surface area (Å²) in [4.78, 5) is 11.3. The Morgan fingerprint density at radius 1 is 1.22 bits per heavy atom. The Hall–Kier alpha value is -1.55. The minimum Gasteiger partial charge on any atom is -0.485 e. The summed E-state index contributed by atoms with van der Waals surface area (Å²) in [7, 11) is 0. The minimum absolute atomic E-state index is 0.197. The largest absolute Gasteiger partial charge is 0.485 e. The normalized spacial score (nSPS) is 24.6. The highest BCUT2D eigenvalue weighted by Crippen LogP contribution is 2.39. The molecule has 0 bridgehead atoms. The van der Waals surface area contributed by atoms with Crippen LogP contribution in [0.3, 0.4) is 0 Å². The molecule has 3 rings (SSSR count). The van der Waals surface area contributed by atoms with E-state index in [0.29, 0.717) is 30.8 Å². The van der Waals surface area contributed by atoms with E-state index in [1.54, 1.807) is 6.07 Å². The lowest BCUT2D eigenvalue weighted by Gasteiger charge is -2.37. The van der Waals surface area contributed by atoms with E-state index in [1.807, 2.05) is 19.9 Å². The molecule has 96 valence electrons. The Balaban J connectivity index is 2.03. The zero-order chi connectivity index (χ0) is 12.9. The summed E-state index contributed by atoms with van der Waals surface area (Å²) in [5.74, 6) is 1.11. The number of fused-ring (bicyclic) bond motifs is 2. The van der Waals surface area contributed by atoms with E-state index < -0.39 is 11.7 Å². The van der Waals surface area contributed by atoms with Crippen LogP contribution < -0.4 is 9.47 Å². The van der Waals surface area contributed by atoms with Crippen molar-refractivity contribution in [2.75, 3.05) is 0 Å². The van der Waals surface area contributed by atoms with Crippen LogP contribution in [-0.2, 0) is 17.6 Å². The molecule has 1 N–H and O–H groups in total. The Kier molecular flexibility index (Phi) is 2.38. The molecule has 4 nitrogen and oxygen atoms in total. The van der Waals surface area contributed by atoms with Crippen LogP contribution in [0.2, 0.25) is 0 Å². The fourth-order valence-corrected chi connectivity index (χ4v) is 2.42. The lowest BCUT2D eigenvalue weighted by Crippen LogP contribution is -2.46. The molecule has 0 saturated heterocycles. The number of esters is 1. The van der Waals surface area contributed by atoms with Crippen molar-refractivity contribution in [3.05, 3.63) is 23.3 Å². The maximum Gasteiger partial charge on any atom is 0.311 e. The highest BCUT2D eigenvalue weighted by atomic mass is 16.5. The molecule has 1 aromatic rings. The average Bonchev–Trinajstić information content (AvgIpc) is 2.28.